The van der Waals surface area contributed by atoms with Crippen LogP contribution in [0, 0.1) is 11.6 Å². The summed E-state index contributed by atoms with van der Waals surface area (Å²) >= 11 is 0. The van der Waals surface area contributed by atoms with Crippen molar-refractivity contribution < 1.29 is 8.78 Å². The van der Waals surface area contributed by atoms with Crippen molar-refractivity contribution in [2.45, 2.75) is 32.6 Å². The van der Waals surface area contributed by atoms with Crippen LogP contribution in [0.4, 0.5) is 8.78 Å². The van der Waals surface area contributed by atoms with E-state index < -0.39 is 11.6 Å². The minimum Gasteiger partial charge on any atom is -0.338 e. The zero-order valence-electron chi connectivity index (χ0n) is 12.5. The number of unbranched alkanes of at least 4 members (excludes halogenated alkanes) is 2. The number of benzene rings is 2. The van der Waals surface area contributed by atoms with Gasteiger partial charge in [-0.1, -0.05) is 38.0 Å². The van der Waals surface area contributed by atoms with Crippen molar-refractivity contribution in [3.8, 4) is 11.4 Å². The summed E-state index contributed by atoms with van der Waals surface area (Å²) in [6.07, 6.45) is 4.33. The van der Waals surface area contributed by atoms with Gasteiger partial charge in [-0.15, -0.1) is 0 Å². The Morgan fingerprint density at radius 3 is 2.45 bits per heavy atom. The lowest BCUT2D eigenvalue weighted by Gasteiger charge is -2.01. The average Bonchev–Trinajstić information content (AvgIpc) is 2.92. The number of hydrogen-bond acceptors (Lipinski definition) is 1. The number of fused-ring (bicyclic) bond motifs is 1. The molecule has 3 rings (SSSR count). The molecule has 0 unspecified atom stereocenters. The maximum absolute atomic E-state index is 13.9. The van der Waals surface area contributed by atoms with E-state index in [1.165, 1.54) is 18.2 Å². The lowest BCUT2D eigenvalue weighted by molar-refractivity contribution is 0.588. The maximum atomic E-state index is 13.9. The summed E-state index contributed by atoms with van der Waals surface area (Å²) in [4.78, 5) is 7.48. The molecule has 3 aromatic rings. The van der Waals surface area contributed by atoms with Crippen molar-refractivity contribution in [2.75, 3.05) is 0 Å². The van der Waals surface area contributed by atoms with Gasteiger partial charge in [0.05, 0.1) is 16.6 Å². The Hall–Kier alpha value is -2.23. The first-order valence-electron chi connectivity index (χ1n) is 7.62. The highest BCUT2D eigenvalue weighted by molar-refractivity contribution is 5.82. The molecule has 1 N–H and O–H groups in total. The Morgan fingerprint density at radius 1 is 1.00 bits per heavy atom. The lowest BCUT2D eigenvalue weighted by atomic mass is 10.1. The summed E-state index contributed by atoms with van der Waals surface area (Å²) in [6.45, 7) is 2.16. The predicted octanol–water partition coefficient (Wildman–Crippen LogP) is 5.24. The van der Waals surface area contributed by atoms with Crippen LogP contribution in [0.15, 0.2) is 36.4 Å². The van der Waals surface area contributed by atoms with Crippen molar-refractivity contribution >= 4 is 11.0 Å². The Morgan fingerprint density at radius 2 is 1.73 bits per heavy atom. The molecule has 4 heteroatoms. The molecule has 0 atom stereocenters. The number of hydrogen-bond donors (Lipinski definition) is 1. The van der Waals surface area contributed by atoms with Crippen LogP contribution in [-0.4, -0.2) is 9.97 Å². The van der Waals surface area contributed by atoms with Crippen LogP contribution in [0.2, 0.25) is 0 Å². The number of aromatic nitrogens is 2. The van der Waals surface area contributed by atoms with Crippen LogP contribution in [0.25, 0.3) is 22.4 Å². The van der Waals surface area contributed by atoms with Gasteiger partial charge in [-0.25, -0.2) is 13.8 Å². The largest absolute Gasteiger partial charge is 0.338 e. The fourth-order valence-electron chi connectivity index (χ4n) is 2.70. The smallest absolute Gasteiger partial charge is 0.144 e. The Balaban J connectivity index is 2.04. The summed E-state index contributed by atoms with van der Waals surface area (Å²) in [5.74, 6) is -0.966. The monoisotopic (exact) mass is 300 g/mol. The van der Waals surface area contributed by atoms with E-state index in [2.05, 4.69) is 16.9 Å². The Bertz CT molecular complexity index is 773. The first-order chi connectivity index (χ1) is 10.7. The number of imidazole rings is 1. The van der Waals surface area contributed by atoms with E-state index in [-0.39, 0.29) is 11.4 Å². The molecule has 1 aromatic heterocycles. The fourth-order valence-corrected chi connectivity index (χ4v) is 2.70. The number of para-hydroxylation sites is 1. The summed E-state index contributed by atoms with van der Waals surface area (Å²) in [5.41, 5.74) is 2.63. The second-order valence-electron chi connectivity index (χ2n) is 5.45. The van der Waals surface area contributed by atoms with Gasteiger partial charge in [0.15, 0.2) is 0 Å². The molecule has 2 nitrogen and oxygen atoms in total. The van der Waals surface area contributed by atoms with Crippen molar-refractivity contribution in [3.05, 3.63) is 53.6 Å². The van der Waals surface area contributed by atoms with E-state index in [4.69, 9.17) is 0 Å². The number of nitrogens with one attached hydrogen (secondary N) is 1. The molecule has 0 aliphatic heterocycles. The van der Waals surface area contributed by atoms with E-state index in [1.807, 2.05) is 18.2 Å². The molecule has 0 aliphatic carbocycles. The third kappa shape index (κ3) is 2.73. The van der Waals surface area contributed by atoms with Crippen molar-refractivity contribution in [1.82, 2.24) is 9.97 Å². The van der Waals surface area contributed by atoms with Gasteiger partial charge < -0.3 is 4.98 Å². The number of rotatable bonds is 5. The molecule has 22 heavy (non-hydrogen) atoms. The van der Waals surface area contributed by atoms with Gasteiger partial charge in [-0.2, -0.15) is 0 Å². The van der Waals surface area contributed by atoms with Crippen molar-refractivity contribution in [2.24, 2.45) is 0 Å². The van der Waals surface area contributed by atoms with Crippen LogP contribution >= 0.6 is 0 Å². The fraction of sp³-hybridized carbons (Fsp3) is 0.278. The van der Waals surface area contributed by atoms with Crippen LogP contribution in [0.5, 0.6) is 0 Å². The molecule has 0 amide bonds. The SMILES string of the molecule is CCCCCc1cccc2[nH]c(-c3c(F)cccc3F)nc12. The number of halogens is 2. The van der Waals surface area contributed by atoms with E-state index in [0.29, 0.717) is 0 Å². The number of nitrogens with zero attached hydrogens (tertiary/aromatic N) is 1. The standard InChI is InChI=1S/C18H18F2N2/c1-2-3-4-7-12-8-5-11-15-17(12)22-18(21-15)16-13(19)9-6-10-14(16)20/h5-6,8-11H,2-4,7H2,1H3,(H,21,22). The molecular weight excluding hydrogens is 282 g/mol. The first kappa shape index (κ1) is 14.7. The molecule has 0 aliphatic rings. The Kier molecular flexibility index (Phi) is 4.18. The van der Waals surface area contributed by atoms with Gasteiger partial charge in [-0.05, 0) is 36.6 Å². The zero-order chi connectivity index (χ0) is 15.5. The topological polar surface area (TPSA) is 28.7 Å². The predicted molar refractivity (Wildman–Crippen MR) is 84.7 cm³/mol. The summed E-state index contributed by atoms with van der Waals surface area (Å²) in [6, 6.07) is 9.70. The molecular formula is C18H18F2N2. The van der Waals surface area contributed by atoms with Crippen molar-refractivity contribution in [3.63, 3.8) is 0 Å². The van der Waals surface area contributed by atoms with E-state index in [9.17, 15) is 8.78 Å². The van der Waals surface area contributed by atoms with Gasteiger partial charge >= 0.3 is 0 Å². The molecule has 0 saturated heterocycles. The minimum absolute atomic E-state index is 0.0989. The van der Waals surface area contributed by atoms with E-state index >= 15 is 0 Å². The number of H-pyrrole nitrogens is 1. The van der Waals surface area contributed by atoms with Gasteiger partial charge in [-0.3, -0.25) is 0 Å². The Labute approximate surface area is 128 Å². The zero-order valence-corrected chi connectivity index (χ0v) is 12.5. The highest BCUT2D eigenvalue weighted by Gasteiger charge is 2.16. The summed E-state index contributed by atoms with van der Waals surface area (Å²) < 4.78 is 27.8. The molecule has 1 heterocycles. The molecule has 0 bridgehead atoms. The highest BCUT2D eigenvalue weighted by Crippen LogP contribution is 2.27. The van der Waals surface area contributed by atoms with E-state index in [1.54, 1.807) is 0 Å². The molecule has 0 spiro atoms. The van der Waals surface area contributed by atoms with Crippen LogP contribution in [-0.2, 0) is 6.42 Å². The van der Waals surface area contributed by atoms with Crippen LogP contribution in [0.3, 0.4) is 0 Å². The molecule has 114 valence electrons. The van der Waals surface area contributed by atoms with Gasteiger partial charge in [0.25, 0.3) is 0 Å². The highest BCUT2D eigenvalue weighted by atomic mass is 19.1. The van der Waals surface area contributed by atoms with Gasteiger partial charge in [0.2, 0.25) is 0 Å². The molecule has 0 radical (unpaired) electrons. The van der Waals surface area contributed by atoms with Crippen molar-refractivity contribution in [1.29, 1.82) is 0 Å². The second-order valence-corrected chi connectivity index (χ2v) is 5.45. The quantitative estimate of drug-likeness (QED) is 0.641. The molecule has 0 fully saturated rings. The van der Waals surface area contributed by atoms with Gasteiger partial charge in [0.1, 0.15) is 17.5 Å². The number of aryl methyl sites for hydroxylation is 1. The molecule has 2 aromatic carbocycles. The van der Waals surface area contributed by atoms with Crippen LogP contribution in [0.1, 0.15) is 31.7 Å². The molecule has 0 saturated carbocycles. The third-order valence-corrected chi connectivity index (χ3v) is 3.85. The minimum atomic E-state index is -0.605. The second kappa shape index (κ2) is 6.26. The van der Waals surface area contributed by atoms with Gasteiger partial charge in [0, 0.05) is 0 Å². The summed E-state index contributed by atoms with van der Waals surface area (Å²) in [5, 5.41) is 0. The lowest BCUT2D eigenvalue weighted by Crippen LogP contribution is -1.91. The number of aromatic amines is 1. The van der Waals surface area contributed by atoms with E-state index in [0.717, 1.165) is 42.3 Å². The normalized spacial score (nSPS) is 11.2. The first-order valence-corrected chi connectivity index (χ1v) is 7.62. The third-order valence-electron chi connectivity index (χ3n) is 3.85. The maximum Gasteiger partial charge on any atom is 0.144 e. The van der Waals surface area contributed by atoms with Crippen LogP contribution < -0.4 is 0 Å². The average molecular weight is 300 g/mol. The summed E-state index contributed by atoms with van der Waals surface area (Å²) in [7, 11) is 0.